The lowest BCUT2D eigenvalue weighted by Crippen LogP contribution is -2.17. The van der Waals surface area contributed by atoms with E-state index in [1.165, 1.54) is 16.7 Å². The van der Waals surface area contributed by atoms with Gasteiger partial charge in [-0.25, -0.2) is 0 Å². The molecule has 96 valence electrons. The first-order valence-electron chi connectivity index (χ1n) is 6.34. The topological polar surface area (TPSA) is 16.4 Å². The lowest BCUT2D eigenvalue weighted by molar-refractivity contribution is 0.284. The molecule has 0 aliphatic carbocycles. The summed E-state index contributed by atoms with van der Waals surface area (Å²) in [5.41, 5.74) is 4.06. The van der Waals surface area contributed by atoms with E-state index >= 15 is 0 Å². The summed E-state index contributed by atoms with van der Waals surface area (Å²) in [7, 11) is 2.12. The van der Waals surface area contributed by atoms with E-state index in [4.69, 9.17) is 4.42 Å². The average molecular weight is 243 g/mol. The fraction of sp³-hybridized carbons (Fsp3) is 0.375. The van der Waals surface area contributed by atoms with Gasteiger partial charge in [0.1, 0.15) is 11.5 Å². The molecular weight excluding hydrogens is 222 g/mol. The molecule has 0 atom stereocenters. The van der Waals surface area contributed by atoms with Crippen LogP contribution in [-0.2, 0) is 13.1 Å². The van der Waals surface area contributed by atoms with Crippen LogP contribution in [-0.4, -0.2) is 11.9 Å². The van der Waals surface area contributed by atoms with Gasteiger partial charge in [-0.05, 0) is 51.1 Å². The number of furan rings is 1. The van der Waals surface area contributed by atoms with Gasteiger partial charge in [0.15, 0.2) is 0 Å². The van der Waals surface area contributed by atoms with Crippen molar-refractivity contribution in [3.63, 3.8) is 0 Å². The van der Waals surface area contributed by atoms with E-state index < -0.39 is 0 Å². The molecule has 1 aromatic heterocycles. The van der Waals surface area contributed by atoms with Crippen LogP contribution in [0.2, 0.25) is 0 Å². The Morgan fingerprint density at radius 1 is 1.00 bits per heavy atom. The van der Waals surface area contributed by atoms with Crippen LogP contribution < -0.4 is 0 Å². The fourth-order valence-corrected chi connectivity index (χ4v) is 2.15. The second-order valence-electron chi connectivity index (χ2n) is 5.11. The Morgan fingerprint density at radius 3 is 2.44 bits per heavy atom. The van der Waals surface area contributed by atoms with Gasteiger partial charge < -0.3 is 4.42 Å². The summed E-state index contributed by atoms with van der Waals surface area (Å²) in [5, 5.41) is 0. The summed E-state index contributed by atoms with van der Waals surface area (Å²) >= 11 is 0. The molecule has 0 fully saturated rings. The Balaban J connectivity index is 2.02. The summed E-state index contributed by atoms with van der Waals surface area (Å²) < 4.78 is 5.60. The van der Waals surface area contributed by atoms with Crippen LogP contribution in [0.3, 0.4) is 0 Å². The third-order valence-corrected chi connectivity index (χ3v) is 3.17. The van der Waals surface area contributed by atoms with Crippen molar-refractivity contribution in [3.8, 4) is 0 Å². The molecule has 0 amide bonds. The third kappa shape index (κ3) is 3.23. The first kappa shape index (κ1) is 12.9. The summed E-state index contributed by atoms with van der Waals surface area (Å²) in [6, 6.07) is 10.7. The maximum absolute atomic E-state index is 5.60. The Morgan fingerprint density at radius 2 is 1.78 bits per heavy atom. The van der Waals surface area contributed by atoms with Crippen molar-refractivity contribution in [2.75, 3.05) is 7.05 Å². The molecule has 0 unspecified atom stereocenters. The molecular formula is C16H21NO. The smallest absolute Gasteiger partial charge is 0.118 e. The second-order valence-corrected chi connectivity index (χ2v) is 5.11. The second kappa shape index (κ2) is 5.40. The van der Waals surface area contributed by atoms with Gasteiger partial charge in [0.2, 0.25) is 0 Å². The zero-order valence-electron chi connectivity index (χ0n) is 11.7. The van der Waals surface area contributed by atoms with Gasteiger partial charge in [0.05, 0.1) is 6.54 Å². The zero-order valence-corrected chi connectivity index (χ0v) is 11.7. The fourth-order valence-electron chi connectivity index (χ4n) is 2.15. The number of hydrogen-bond donors (Lipinski definition) is 0. The average Bonchev–Trinajstić information content (AvgIpc) is 2.69. The molecule has 1 heterocycles. The number of benzene rings is 1. The lowest BCUT2D eigenvalue weighted by Gasteiger charge is -2.17. The number of rotatable bonds is 4. The van der Waals surface area contributed by atoms with E-state index in [0.29, 0.717) is 0 Å². The molecule has 2 rings (SSSR count). The van der Waals surface area contributed by atoms with Crippen LogP contribution in [0.1, 0.15) is 28.2 Å². The van der Waals surface area contributed by atoms with Crippen LogP contribution in [0.5, 0.6) is 0 Å². The predicted molar refractivity (Wildman–Crippen MR) is 74.5 cm³/mol. The first-order chi connectivity index (χ1) is 8.54. The molecule has 0 radical (unpaired) electrons. The molecule has 2 heteroatoms. The standard InChI is InChI=1S/C16H21NO/c1-12-5-6-13(2)15(9-12)10-17(4)11-16-8-7-14(3)18-16/h5-9H,10-11H2,1-4H3. The van der Waals surface area contributed by atoms with Gasteiger partial charge in [-0.3, -0.25) is 4.90 Å². The Labute approximate surface area is 109 Å². The molecule has 0 saturated heterocycles. The van der Waals surface area contributed by atoms with Crippen molar-refractivity contribution in [1.82, 2.24) is 4.90 Å². The van der Waals surface area contributed by atoms with Crippen molar-refractivity contribution < 1.29 is 4.42 Å². The quantitative estimate of drug-likeness (QED) is 0.811. The normalized spacial score (nSPS) is 11.2. The van der Waals surface area contributed by atoms with E-state index in [1.54, 1.807) is 0 Å². The molecule has 0 N–H and O–H groups in total. The van der Waals surface area contributed by atoms with E-state index in [-0.39, 0.29) is 0 Å². The molecule has 2 aromatic rings. The van der Waals surface area contributed by atoms with Crippen molar-refractivity contribution in [2.24, 2.45) is 0 Å². The Hall–Kier alpha value is -1.54. The van der Waals surface area contributed by atoms with Crippen LogP contribution in [0.15, 0.2) is 34.7 Å². The van der Waals surface area contributed by atoms with Crippen LogP contribution >= 0.6 is 0 Å². The highest BCUT2D eigenvalue weighted by molar-refractivity contribution is 5.30. The van der Waals surface area contributed by atoms with Crippen LogP contribution in [0.4, 0.5) is 0 Å². The molecule has 1 aromatic carbocycles. The van der Waals surface area contributed by atoms with Crippen LogP contribution in [0, 0.1) is 20.8 Å². The first-order valence-corrected chi connectivity index (χ1v) is 6.34. The van der Waals surface area contributed by atoms with Gasteiger partial charge in [-0.15, -0.1) is 0 Å². The minimum Gasteiger partial charge on any atom is -0.465 e. The van der Waals surface area contributed by atoms with Crippen molar-refractivity contribution >= 4 is 0 Å². The van der Waals surface area contributed by atoms with E-state index in [1.807, 2.05) is 13.0 Å². The predicted octanol–water partition coefficient (Wildman–Crippen LogP) is 3.84. The van der Waals surface area contributed by atoms with Gasteiger partial charge in [0.25, 0.3) is 0 Å². The zero-order chi connectivity index (χ0) is 13.1. The maximum atomic E-state index is 5.60. The number of hydrogen-bond acceptors (Lipinski definition) is 2. The Bertz CT molecular complexity index is 528. The van der Waals surface area contributed by atoms with Crippen molar-refractivity contribution in [3.05, 3.63) is 58.5 Å². The molecule has 0 bridgehead atoms. The summed E-state index contributed by atoms with van der Waals surface area (Å²) in [5.74, 6) is 2.01. The van der Waals surface area contributed by atoms with Crippen molar-refractivity contribution in [2.45, 2.75) is 33.9 Å². The van der Waals surface area contributed by atoms with Gasteiger partial charge >= 0.3 is 0 Å². The minimum absolute atomic E-state index is 0.848. The minimum atomic E-state index is 0.848. The summed E-state index contributed by atoms with van der Waals surface area (Å²) in [4.78, 5) is 2.28. The van der Waals surface area contributed by atoms with Gasteiger partial charge in [-0.2, -0.15) is 0 Å². The Kier molecular flexibility index (Phi) is 3.87. The molecule has 18 heavy (non-hydrogen) atoms. The molecule has 0 aliphatic heterocycles. The van der Waals surface area contributed by atoms with E-state index in [2.05, 4.69) is 50.1 Å². The largest absolute Gasteiger partial charge is 0.465 e. The maximum Gasteiger partial charge on any atom is 0.118 e. The van der Waals surface area contributed by atoms with Crippen molar-refractivity contribution in [1.29, 1.82) is 0 Å². The monoisotopic (exact) mass is 243 g/mol. The molecule has 0 spiro atoms. The van der Waals surface area contributed by atoms with E-state index in [0.717, 1.165) is 24.6 Å². The highest BCUT2D eigenvalue weighted by atomic mass is 16.3. The molecule has 0 saturated carbocycles. The summed E-state index contributed by atoms with van der Waals surface area (Å²) in [6.45, 7) is 8.08. The van der Waals surface area contributed by atoms with Gasteiger partial charge in [-0.1, -0.05) is 23.8 Å². The van der Waals surface area contributed by atoms with E-state index in [9.17, 15) is 0 Å². The summed E-state index contributed by atoms with van der Waals surface area (Å²) in [6.07, 6.45) is 0. The SMILES string of the molecule is Cc1ccc(C)c(CN(C)Cc2ccc(C)o2)c1. The number of aryl methyl sites for hydroxylation is 3. The highest BCUT2D eigenvalue weighted by Crippen LogP contribution is 2.15. The lowest BCUT2D eigenvalue weighted by atomic mass is 10.1. The highest BCUT2D eigenvalue weighted by Gasteiger charge is 2.06. The third-order valence-electron chi connectivity index (χ3n) is 3.17. The van der Waals surface area contributed by atoms with Crippen LogP contribution in [0.25, 0.3) is 0 Å². The molecule has 2 nitrogen and oxygen atoms in total. The number of nitrogens with zero attached hydrogens (tertiary/aromatic N) is 1. The molecule has 0 aliphatic rings. The van der Waals surface area contributed by atoms with Gasteiger partial charge in [0, 0.05) is 6.54 Å².